The summed E-state index contributed by atoms with van der Waals surface area (Å²) in [5.74, 6) is 0.219. The van der Waals surface area contributed by atoms with Gasteiger partial charge in [-0.3, -0.25) is 9.59 Å². The van der Waals surface area contributed by atoms with Gasteiger partial charge in [0, 0.05) is 24.2 Å². The summed E-state index contributed by atoms with van der Waals surface area (Å²) in [5.41, 5.74) is 7.66. The first-order chi connectivity index (χ1) is 10.4. The number of nitrogens with one attached hydrogen (secondary N) is 2. The Kier molecular flexibility index (Phi) is 7.60. The fraction of sp³-hybridized carbons (Fsp3) is 0.529. The van der Waals surface area contributed by atoms with Crippen molar-refractivity contribution in [3.8, 4) is 0 Å². The summed E-state index contributed by atoms with van der Waals surface area (Å²) in [6.07, 6.45) is 2.27. The number of hydrogen-bond donors (Lipinski definition) is 3. The van der Waals surface area contributed by atoms with Crippen molar-refractivity contribution in [2.24, 2.45) is 11.7 Å². The van der Waals surface area contributed by atoms with Gasteiger partial charge in [-0.15, -0.1) is 0 Å². The molecule has 0 atom stereocenters. The zero-order valence-corrected chi connectivity index (χ0v) is 13.7. The smallest absolute Gasteiger partial charge is 0.251 e. The molecular weight excluding hydrogens is 278 g/mol. The average Bonchev–Trinajstić information content (AvgIpc) is 2.44. The SMILES string of the molecule is Cc1cc(C(=O)NCCCCN)ccc1NC(=O)CC(C)C. The van der Waals surface area contributed by atoms with Crippen molar-refractivity contribution < 1.29 is 9.59 Å². The lowest BCUT2D eigenvalue weighted by atomic mass is 10.1. The minimum Gasteiger partial charge on any atom is -0.352 e. The Morgan fingerprint density at radius 2 is 1.95 bits per heavy atom. The molecule has 0 aliphatic carbocycles. The summed E-state index contributed by atoms with van der Waals surface area (Å²) < 4.78 is 0. The molecule has 22 heavy (non-hydrogen) atoms. The van der Waals surface area contributed by atoms with E-state index in [0.717, 1.165) is 24.1 Å². The molecule has 0 aliphatic heterocycles. The summed E-state index contributed by atoms with van der Waals surface area (Å²) in [6.45, 7) is 7.16. The Morgan fingerprint density at radius 1 is 1.23 bits per heavy atom. The van der Waals surface area contributed by atoms with Crippen LogP contribution in [0.15, 0.2) is 18.2 Å². The van der Waals surface area contributed by atoms with E-state index < -0.39 is 0 Å². The second kappa shape index (κ2) is 9.20. The molecule has 0 spiro atoms. The number of anilines is 1. The van der Waals surface area contributed by atoms with E-state index in [2.05, 4.69) is 10.6 Å². The topological polar surface area (TPSA) is 84.2 Å². The lowest BCUT2D eigenvalue weighted by Gasteiger charge is -2.11. The van der Waals surface area contributed by atoms with Crippen LogP contribution in [0.25, 0.3) is 0 Å². The number of carbonyl (C=O) groups excluding carboxylic acids is 2. The normalized spacial score (nSPS) is 10.6. The quantitative estimate of drug-likeness (QED) is 0.645. The zero-order chi connectivity index (χ0) is 16.5. The van der Waals surface area contributed by atoms with Gasteiger partial charge in [0.05, 0.1) is 0 Å². The largest absolute Gasteiger partial charge is 0.352 e. The first kappa shape index (κ1) is 18.2. The number of nitrogens with two attached hydrogens (primary N) is 1. The van der Waals surface area contributed by atoms with Crippen LogP contribution in [0.2, 0.25) is 0 Å². The van der Waals surface area contributed by atoms with Crippen LogP contribution < -0.4 is 16.4 Å². The van der Waals surface area contributed by atoms with Crippen LogP contribution in [0.3, 0.4) is 0 Å². The molecule has 0 bridgehead atoms. The molecular formula is C17H27N3O2. The van der Waals surface area contributed by atoms with Crippen LogP contribution in [0.4, 0.5) is 5.69 Å². The molecule has 4 N–H and O–H groups in total. The fourth-order valence-corrected chi connectivity index (χ4v) is 2.09. The highest BCUT2D eigenvalue weighted by atomic mass is 16.2. The van der Waals surface area contributed by atoms with Crippen LogP contribution in [0.1, 0.15) is 49.0 Å². The van der Waals surface area contributed by atoms with Gasteiger partial charge in [0.15, 0.2) is 0 Å². The van der Waals surface area contributed by atoms with Crippen LogP contribution in [-0.4, -0.2) is 24.9 Å². The first-order valence-electron chi connectivity index (χ1n) is 7.82. The Morgan fingerprint density at radius 3 is 2.55 bits per heavy atom. The summed E-state index contributed by atoms with van der Waals surface area (Å²) in [7, 11) is 0. The molecule has 0 saturated heterocycles. The standard InChI is InChI=1S/C17H27N3O2/c1-12(2)10-16(21)20-15-7-6-14(11-13(15)3)17(22)19-9-5-4-8-18/h6-7,11-12H,4-5,8-10,18H2,1-3H3,(H,19,22)(H,20,21). The van der Waals surface area contributed by atoms with E-state index in [9.17, 15) is 9.59 Å². The van der Waals surface area contributed by atoms with Gasteiger partial charge in [-0.25, -0.2) is 0 Å². The molecule has 0 aliphatic rings. The first-order valence-corrected chi connectivity index (χ1v) is 7.82. The van der Waals surface area contributed by atoms with Crippen molar-refractivity contribution >= 4 is 17.5 Å². The van der Waals surface area contributed by atoms with E-state index in [1.54, 1.807) is 18.2 Å². The Hall–Kier alpha value is -1.88. The predicted octanol–water partition coefficient (Wildman–Crippen LogP) is 2.45. The summed E-state index contributed by atoms with van der Waals surface area (Å²) in [6, 6.07) is 5.31. The highest BCUT2D eigenvalue weighted by Crippen LogP contribution is 2.17. The Balaban J connectivity index is 2.61. The lowest BCUT2D eigenvalue weighted by molar-refractivity contribution is -0.116. The van der Waals surface area contributed by atoms with Crippen LogP contribution in [0.5, 0.6) is 0 Å². The number of aryl methyl sites for hydroxylation is 1. The molecule has 0 fully saturated rings. The molecule has 5 nitrogen and oxygen atoms in total. The van der Waals surface area contributed by atoms with Crippen molar-refractivity contribution in [2.75, 3.05) is 18.4 Å². The minimum absolute atomic E-state index is 0.00270. The monoisotopic (exact) mass is 305 g/mol. The van der Waals surface area contributed by atoms with E-state index in [-0.39, 0.29) is 11.8 Å². The van der Waals surface area contributed by atoms with Gasteiger partial charge < -0.3 is 16.4 Å². The van der Waals surface area contributed by atoms with Crippen LogP contribution in [0, 0.1) is 12.8 Å². The van der Waals surface area contributed by atoms with E-state index in [1.807, 2.05) is 20.8 Å². The Bertz CT molecular complexity index is 513. The summed E-state index contributed by atoms with van der Waals surface area (Å²) in [4.78, 5) is 23.8. The maximum absolute atomic E-state index is 12.0. The van der Waals surface area contributed by atoms with Crippen LogP contribution in [-0.2, 0) is 4.79 Å². The number of benzene rings is 1. The third-order valence-corrected chi connectivity index (χ3v) is 3.27. The number of carbonyl (C=O) groups is 2. The molecule has 0 unspecified atom stereocenters. The second-order valence-corrected chi connectivity index (χ2v) is 5.93. The van der Waals surface area contributed by atoms with Crippen molar-refractivity contribution in [1.82, 2.24) is 5.32 Å². The maximum Gasteiger partial charge on any atom is 0.251 e. The predicted molar refractivity (Wildman–Crippen MR) is 89.9 cm³/mol. The third kappa shape index (κ3) is 6.26. The van der Waals surface area contributed by atoms with Gasteiger partial charge in [0.2, 0.25) is 5.91 Å². The van der Waals surface area contributed by atoms with E-state index in [0.29, 0.717) is 31.0 Å². The highest BCUT2D eigenvalue weighted by molar-refractivity contribution is 5.96. The molecule has 0 saturated carbocycles. The Labute approximate surface area is 132 Å². The number of amides is 2. The number of rotatable bonds is 8. The van der Waals surface area contributed by atoms with Gasteiger partial charge in [0.1, 0.15) is 0 Å². The molecule has 0 aromatic heterocycles. The zero-order valence-electron chi connectivity index (χ0n) is 13.7. The molecule has 1 rings (SSSR count). The van der Waals surface area contributed by atoms with Gasteiger partial charge in [-0.1, -0.05) is 13.8 Å². The van der Waals surface area contributed by atoms with Crippen molar-refractivity contribution in [3.63, 3.8) is 0 Å². The molecule has 0 radical (unpaired) electrons. The van der Waals surface area contributed by atoms with Crippen molar-refractivity contribution in [2.45, 2.75) is 40.0 Å². The maximum atomic E-state index is 12.0. The van der Waals surface area contributed by atoms with Crippen molar-refractivity contribution in [3.05, 3.63) is 29.3 Å². The second-order valence-electron chi connectivity index (χ2n) is 5.93. The minimum atomic E-state index is -0.0971. The van der Waals surface area contributed by atoms with Gasteiger partial charge in [0.25, 0.3) is 5.91 Å². The number of unbranched alkanes of at least 4 members (excludes halogenated alkanes) is 1. The summed E-state index contributed by atoms with van der Waals surface area (Å²) in [5, 5.41) is 5.75. The molecule has 5 heteroatoms. The molecule has 0 heterocycles. The van der Waals surface area contributed by atoms with E-state index in [4.69, 9.17) is 5.73 Å². The van der Waals surface area contributed by atoms with E-state index in [1.165, 1.54) is 0 Å². The van der Waals surface area contributed by atoms with Gasteiger partial charge >= 0.3 is 0 Å². The summed E-state index contributed by atoms with van der Waals surface area (Å²) >= 11 is 0. The fourth-order valence-electron chi connectivity index (χ4n) is 2.09. The van der Waals surface area contributed by atoms with Gasteiger partial charge in [-0.2, -0.15) is 0 Å². The molecule has 2 amide bonds. The van der Waals surface area contributed by atoms with Gasteiger partial charge in [-0.05, 0) is 56.0 Å². The van der Waals surface area contributed by atoms with E-state index >= 15 is 0 Å². The lowest BCUT2D eigenvalue weighted by Crippen LogP contribution is -2.25. The van der Waals surface area contributed by atoms with Crippen molar-refractivity contribution in [1.29, 1.82) is 0 Å². The van der Waals surface area contributed by atoms with Crippen LogP contribution >= 0.6 is 0 Å². The average molecular weight is 305 g/mol. The highest BCUT2D eigenvalue weighted by Gasteiger charge is 2.10. The molecule has 1 aromatic carbocycles. The third-order valence-electron chi connectivity index (χ3n) is 3.27. The number of hydrogen-bond acceptors (Lipinski definition) is 3. The molecule has 122 valence electrons. The molecule has 1 aromatic rings.